The van der Waals surface area contributed by atoms with Crippen LogP contribution >= 0.6 is 0 Å². The van der Waals surface area contributed by atoms with Crippen LogP contribution in [0.4, 0.5) is 0 Å². The lowest BCUT2D eigenvalue weighted by Gasteiger charge is -2.36. The number of hydrogen-bond donors (Lipinski definition) is 2. The van der Waals surface area contributed by atoms with E-state index in [-0.39, 0.29) is 12.1 Å². The van der Waals surface area contributed by atoms with Crippen molar-refractivity contribution < 1.29 is 9.94 Å². The summed E-state index contributed by atoms with van der Waals surface area (Å²) in [4.78, 5) is 2.20. The molecule has 5 nitrogen and oxygen atoms in total. The normalized spacial score (nSPS) is 27.6. The van der Waals surface area contributed by atoms with E-state index in [0.29, 0.717) is 5.84 Å². The Balaban J connectivity index is 2.59. The van der Waals surface area contributed by atoms with Crippen LogP contribution in [0.5, 0.6) is 0 Å². The van der Waals surface area contributed by atoms with E-state index in [4.69, 9.17) is 15.7 Å². The van der Waals surface area contributed by atoms with Crippen molar-refractivity contribution in [1.29, 1.82) is 0 Å². The molecule has 1 rings (SSSR count). The predicted molar refractivity (Wildman–Crippen MR) is 54.5 cm³/mol. The minimum atomic E-state index is 0.0337. The van der Waals surface area contributed by atoms with E-state index in [1.54, 1.807) is 0 Å². The van der Waals surface area contributed by atoms with Crippen molar-refractivity contribution >= 4 is 5.84 Å². The molecular formula is C9H19N3O2. The second-order valence-electron chi connectivity index (χ2n) is 3.63. The molecule has 2 unspecified atom stereocenters. The number of hydrogen-bond acceptors (Lipinski definition) is 4. The quantitative estimate of drug-likeness (QED) is 0.297. The Hall–Kier alpha value is -0.810. The molecule has 0 radical (unpaired) electrons. The van der Waals surface area contributed by atoms with Crippen molar-refractivity contribution in [2.24, 2.45) is 10.9 Å². The van der Waals surface area contributed by atoms with Gasteiger partial charge in [-0.15, -0.1) is 0 Å². The molecule has 0 bridgehead atoms. The number of amidine groups is 1. The summed E-state index contributed by atoms with van der Waals surface area (Å²) in [5.41, 5.74) is 5.62. The topological polar surface area (TPSA) is 71.1 Å². The SMILES string of the molecule is CCC(C(N)=NO)N1CCOC(C)C1. The Labute approximate surface area is 84.5 Å². The van der Waals surface area contributed by atoms with Gasteiger partial charge in [-0.05, 0) is 13.3 Å². The molecule has 1 aliphatic heterocycles. The van der Waals surface area contributed by atoms with Gasteiger partial charge in [0.05, 0.1) is 18.8 Å². The zero-order chi connectivity index (χ0) is 10.6. The lowest BCUT2D eigenvalue weighted by atomic mass is 10.1. The first kappa shape index (κ1) is 11.3. The van der Waals surface area contributed by atoms with Crippen LogP contribution in [0.1, 0.15) is 20.3 Å². The number of ether oxygens (including phenoxy) is 1. The molecule has 1 saturated heterocycles. The average molecular weight is 201 g/mol. The van der Waals surface area contributed by atoms with E-state index in [1.165, 1.54) is 0 Å². The number of nitrogens with zero attached hydrogens (tertiary/aromatic N) is 2. The van der Waals surface area contributed by atoms with Crippen LogP contribution in [0.25, 0.3) is 0 Å². The van der Waals surface area contributed by atoms with E-state index in [0.717, 1.165) is 26.1 Å². The molecule has 3 N–H and O–H groups in total. The lowest BCUT2D eigenvalue weighted by molar-refractivity contribution is -0.0257. The molecular weight excluding hydrogens is 182 g/mol. The molecule has 5 heteroatoms. The molecule has 1 fully saturated rings. The van der Waals surface area contributed by atoms with Crippen molar-refractivity contribution in [3.8, 4) is 0 Å². The molecule has 14 heavy (non-hydrogen) atoms. The second-order valence-corrected chi connectivity index (χ2v) is 3.63. The highest BCUT2D eigenvalue weighted by Crippen LogP contribution is 2.11. The number of morpholine rings is 1. The third kappa shape index (κ3) is 2.59. The molecule has 0 aromatic carbocycles. The van der Waals surface area contributed by atoms with Gasteiger partial charge in [-0.2, -0.15) is 0 Å². The van der Waals surface area contributed by atoms with Gasteiger partial charge in [-0.1, -0.05) is 12.1 Å². The smallest absolute Gasteiger partial charge is 0.156 e. The van der Waals surface area contributed by atoms with Crippen LogP contribution < -0.4 is 5.73 Å². The summed E-state index contributed by atoms with van der Waals surface area (Å²) >= 11 is 0. The fraction of sp³-hybridized carbons (Fsp3) is 0.889. The molecule has 0 aromatic heterocycles. The molecule has 0 spiro atoms. The summed E-state index contributed by atoms with van der Waals surface area (Å²) in [5, 5.41) is 11.7. The number of oxime groups is 1. The van der Waals surface area contributed by atoms with Crippen LogP contribution in [0.3, 0.4) is 0 Å². The van der Waals surface area contributed by atoms with Crippen LogP contribution in [0.15, 0.2) is 5.16 Å². The number of rotatable bonds is 3. The largest absolute Gasteiger partial charge is 0.409 e. The molecule has 0 amide bonds. The van der Waals surface area contributed by atoms with Gasteiger partial charge in [-0.25, -0.2) is 0 Å². The van der Waals surface area contributed by atoms with E-state index in [9.17, 15) is 0 Å². The Morgan fingerprint density at radius 2 is 2.50 bits per heavy atom. The van der Waals surface area contributed by atoms with Crippen molar-refractivity contribution in [3.05, 3.63) is 0 Å². The van der Waals surface area contributed by atoms with E-state index in [1.807, 2.05) is 13.8 Å². The van der Waals surface area contributed by atoms with Gasteiger partial charge in [0.25, 0.3) is 0 Å². The third-order valence-corrected chi connectivity index (χ3v) is 2.56. The van der Waals surface area contributed by atoms with Crippen LogP contribution in [-0.2, 0) is 4.74 Å². The highest BCUT2D eigenvalue weighted by Gasteiger charge is 2.25. The maximum Gasteiger partial charge on any atom is 0.156 e. The van der Waals surface area contributed by atoms with Crippen molar-refractivity contribution in [2.45, 2.75) is 32.4 Å². The summed E-state index contributed by atoms with van der Waals surface area (Å²) in [7, 11) is 0. The standard InChI is InChI=1S/C9H19N3O2/c1-3-8(9(10)11-13)12-4-5-14-7(2)6-12/h7-8,13H,3-6H2,1-2H3,(H2,10,11). The maximum absolute atomic E-state index is 8.64. The van der Waals surface area contributed by atoms with Crippen molar-refractivity contribution in [2.75, 3.05) is 19.7 Å². The van der Waals surface area contributed by atoms with E-state index >= 15 is 0 Å². The Bertz CT molecular complexity index is 208. The minimum absolute atomic E-state index is 0.0337. The highest BCUT2D eigenvalue weighted by molar-refractivity contribution is 5.85. The fourth-order valence-electron chi connectivity index (χ4n) is 1.85. The summed E-state index contributed by atoms with van der Waals surface area (Å²) in [6.07, 6.45) is 1.08. The Morgan fingerprint density at radius 3 is 3.00 bits per heavy atom. The third-order valence-electron chi connectivity index (χ3n) is 2.56. The first-order valence-electron chi connectivity index (χ1n) is 5.02. The van der Waals surface area contributed by atoms with Crippen LogP contribution in [0, 0.1) is 0 Å². The summed E-state index contributed by atoms with van der Waals surface area (Å²) in [6.45, 7) is 6.47. The van der Waals surface area contributed by atoms with Gasteiger partial charge in [0.2, 0.25) is 0 Å². The minimum Gasteiger partial charge on any atom is -0.409 e. The van der Waals surface area contributed by atoms with E-state index < -0.39 is 0 Å². The Morgan fingerprint density at radius 1 is 1.79 bits per heavy atom. The summed E-state index contributed by atoms with van der Waals surface area (Å²) in [6, 6.07) is 0.0337. The van der Waals surface area contributed by atoms with Crippen LogP contribution in [0.2, 0.25) is 0 Å². The second kappa shape index (κ2) is 5.17. The molecule has 82 valence electrons. The van der Waals surface area contributed by atoms with Crippen molar-refractivity contribution in [3.63, 3.8) is 0 Å². The van der Waals surface area contributed by atoms with E-state index in [2.05, 4.69) is 10.1 Å². The van der Waals surface area contributed by atoms with Crippen LogP contribution in [-0.4, -0.2) is 47.8 Å². The maximum atomic E-state index is 8.64. The molecule has 0 aromatic rings. The van der Waals surface area contributed by atoms with Gasteiger partial charge >= 0.3 is 0 Å². The first-order chi connectivity index (χ1) is 6.69. The number of nitrogens with two attached hydrogens (primary N) is 1. The van der Waals surface area contributed by atoms with Gasteiger partial charge in [0.15, 0.2) is 5.84 Å². The molecule has 0 saturated carbocycles. The molecule has 1 heterocycles. The van der Waals surface area contributed by atoms with Gasteiger partial charge < -0.3 is 15.7 Å². The molecule has 2 atom stereocenters. The fourth-order valence-corrected chi connectivity index (χ4v) is 1.85. The van der Waals surface area contributed by atoms with Gasteiger partial charge in [0.1, 0.15) is 0 Å². The summed E-state index contributed by atoms with van der Waals surface area (Å²) in [5.74, 6) is 0.293. The van der Waals surface area contributed by atoms with Gasteiger partial charge in [-0.3, -0.25) is 4.90 Å². The highest BCUT2D eigenvalue weighted by atomic mass is 16.5. The predicted octanol–water partition coefficient (Wildman–Crippen LogP) is 0.232. The zero-order valence-electron chi connectivity index (χ0n) is 8.81. The Kier molecular flexibility index (Phi) is 4.16. The lowest BCUT2D eigenvalue weighted by Crippen LogP contribution is -2.51. The summed E-state index contributed by atoms with van der Waals surface area (Å²) < 4.78 is 5.43. The van der Waals surface area contributed by atoms with Crippen molar-refractivity contribution in [1.82, 2.24) is 4.90 Å². The monoisotopic (exact) mass is 201 g/mol. The molecule has 1 aliphatic rings. The molecule has 0 aliphatic carbocycles. The van der Waals surface area contributed by atoms with Gasteiger partial charge in [0, 0.05) is 13.1 Å². The zero-order valence-corrected chi connectivity index (χ0v) is 8.81. The first-order valence-corrected chi connectivity index (χ1v) is 5.02. The average Bonchev–Trinajstić information content (AvgIpc) is 2.19.